The van der Waals surface area contributed by atoms with E-state index in [2.05, 4.69) is 10.3 Å². The highest BCUT2D eigenvalue weighted by molar-refractivity contribution is 7.99. The van der Waals surface area contributed by atoms with Crippen molar-refractivity contribution in [1.29, 1.82) is 0 Å². The van der Waals surface area contributed by atoms with Crippen LogP contribution < -0.4 is 15.6 Å². The zero-order valence-electron chi connectivity index (χ0n) is 17.1. The number of thioether (sulfide) groups is 1. The van der Waals surface area contributed by atoms with E-state index in [9.17, 15) is 9.59 Å². The van der Waals surface area contributed by atoms with Crippen molar-refractivity contribution in [2.45, 2.75) is 18.6 Å². The van der Waals surface area contributed by atoms with Crippen molar-refractivity contribution in [3.05, 3.63) is 81.5 Å². The van der Waals surface area contributed by atoms with Crippen molar-refractivity contribution in [3.8, 4) is 11.4 Å². The third-order valence-corrected chi connectivity index (χ3v) is 6.62. The van der Waals surface area contributed by atoms with Crippen LogP contribution in [0.15, 0.2) is 69.9 Å². The van der Waals surface area contributed by atoms with Crippen LogP contribution >= 0.6 is 23.1 Å². The van der Waals surface area contributed by atoms with Crippen LogP contribution in [0.25, 0.3) is 15.9 Å². The normalized spacial score (nSPS) is 10.9. The van der Waals surface area contributed by atoms with Crippen molar-refractivity contribution in [2.75, 3.05) is 12.9 Å². The molecule has 4 rings (SSSR count). The molecule has 0 aliphatic rings. The lowest BCUT2D eigenvalue weighted by atomic mass is 10.2. The number of ether oxygens (including phenoxy) is 1. The van der Waals surface area contributed by atoms with Gasteiger partial charge in [0, 0.05) is 6.54 Å². The molecule has 2 heterocycles. The number of hydrogen-bond acceptors (Lipinski definition) is 6. The summed E-state index contributed by atoms with van der Waals surface area (Å²) in [6.07, 6.45) is 0. The van der Waals surface area contributed by atoms with E-state index in [4.69, 9.17) is 4.74 Å². The first-order valence-electron chi connectivity index (χ1n) is 9.65. The average molecular weight is 452 g/mol. The molecule has 0 aliphatic heterocycles. The molecule has 6 nitrogen and oxygen atoms in total. The average Bonchev–Trinajstić information content (AvgIpc) is 3.26. The van der Waals surface area contributed by atoms with Crippen molar-refractivity contribution in [2.24, 2.45) is 0 Å². The van der Waals surface area contributed by atoms with Gasteiger partial charge < -0.3 is 10.1 Å². The molecule has 2 aromatic heterocycles. The number of hydrogen-bond donors (Lipinski definition) is 1. The maximum atomic E-state index is 13.2. The summed E-state index contributed by atoms with van der Waals surface area (Å²) >= 11 is 2.63. The van der Waals surface area contributed by atoms with Crippen LogP contribution in [0, 0.1) is 6.92 Å². The van der Waals surface area contributed by atoms with Gasteiger partial charge in [-0.3, -0.25) is 14.2 Å². The van der Waals surface area contributed by atoms with E-state index in [1.165, 1.54) is 23.1 Å². The molecule has 0 spiro atoms. The first kappa shape index (κ1) is 21.1. The predicted octanol–water partition coefficient (Wildman–Crippen LogP) is 4.17. The number of rotatable bonds is 7. The van der Waals surface area contributed by atoms with Crippen molar-refractivity contribution in [3.63, 3.8) is 0 Å². The van der Waals surface area contributed by atoms with E-state index in [1.54, 1.807) is 11.7 Å². The van der Waals surface area contributed by atoms with E-state index in [1.807, 2.05) is 66.9 Å². The fourth-order valence-electron chi connectivity index (χ4n) is 3.14. The Bertz CT molecular complexity index is 1280. The zero-order chi connectivity index (χ0) is 21.8. The number of carbonyl (C=O) groups excluding carboxylic acids is 1. The van der Waals surface area contributed by atoms with Gasteiger partial charge in [-0.05, 0) is 47.7 Å². The lowest BCUT2D eigenvalue weighted by Gasteiger charge is -2.14. The van der Waals surface area contributed by atoms with Crippen LogP contribution in [0.5, 0.6) is 5.75 Å². The Labute approximate surface area is 187 Å². The minimum Gasteiger partial charge on any atom is -0.497 e. The molecule has 158 valence electrons. The quantitative estimate of drug-likeness (QED) is 0.337. The van der Waals surface area contributed by atoms with Crippen LogP contribution in [0.4, 0.5) is 0 Å². The first-order valence-corrected chi connectivity index (χ1v) is 11.5. The number of carbonyl (C=O) groups is 1. The second kappa shape index (κ2) is 9.36. The van der Waals surface area contributed by atoms with Gasteiger partial charge in [0.25, 0.3) is 5.56 Å². The van der Waals surface area contributed by atoms with E-state index < -0.39 is 0 Å². The fourth-order valence-corrected chi connectivity index (χ4v) is 4.74. The molecule has 1 N–H and O–H groups in total. The second-order valence-electron chi connectivity index (χ2n) is 6.87. The summed E-state index contributed by atoms with van der Waals surface area (Å²) in [6, 6.07) is 17.0. The summed E-state index contributed by atoms with van der Waals surface area (Å²) in [5.41, 5.74) is 3.26. The monoisotopic (exact) mass is 451 g/mol. The van der Waals surface area contributed by atoms with Crippen LogP contribution in [-0.2, 0) is 11.3 Å². The standard InChI is InChI=1S/C23H21N3O3S2/c1-15-5-3-4-6-19(15)26-22(28)21-18(11-12-30-21)25-23(26)31-14-20(27)24-13-16-7-9-17(29-2)10-8-16/h3-12H,13-14H2,1-2H3,(H,24,27). The largest absolute Gasteiger partial charge is 0.497 e. The number of fused-ring (bicyclic) bond motifs is 1. The molecule has 1 amide bonds. The zero-order valence-corrected chi connectivity index (χ0v) is 18.8. The van der Waals surface area contributed by atoms with E-state index in [0.717, 1.165) is 22.6 Å². The number of methoxy groups -OCH3 is 1. The molecule has 2 aromatic carbocycles. The molecule has 0 unspecified atom stereocenters. The molecule has 31 heavy (non-hydrogen) atoms. The van der Waals surface area contributed by atoms with Gasteiger partial charge in [-0.2, -0.15) is 0 Å². The molecular formula is C23H21N3O3S2. The summed E-state index contributed by atoms with van der Waals surface area (Å²) in [6.45, 7) is 2.38. The molecular weight excluding hydrogens is 430 g/mol. The van der Waals surface area contributed by atoms with Gasteiger partial charge in [-0.1, -0.05) is 42.1 Å². The number of thiophene rings is 1. The Kier molecular flexibility index (Phi) is 6.39. The molecule has 0 saturated heterocycles. The Hall–Kier alpha value is -3.10. The Morgan fingerprint density at radius 1 is 1.16 bits per heavy atom. The Morgan fingerprint density at radius 3 is 2.68 bits per heavy atom. The molecule has 0 saturated carbocycles. The predicted molar refractivity (Wildman–Crippen MR) is 126 cm³/mol. The minimum absolute atomic E-state index is 0.115. The second-order valence-corrected chi connectivity index (χ2v) is 8.73. The highest BCUT2D eigenvalue weighted by Crippen LogP contribution is 2.25. The van der Waals surface area contributed by atoms with Crippen molar-refractivity contribution in [1.82, 2.24) is 14.9 Å². The van der Waals surface area contributed by atoms with Gasteiger partial charge in [0.15, 0.2) is 5.16 Å². The van der Waals surface area contributed by atoms with Crippen LogP contribution in [0.3, 0.4) is 0 Å². The van der Waals surface area contributed by atoms with Crippen molar-refractivity contribution >= 4 is 39.2 Å². The van der Waals surface area contributed by atoms with Gasteiger partial charge in [0.2, 0.25) is 5.91 Å². The molecule has 0 radical (unpaired) electrons. The summed E-state index contributed by atoms with van der Waals surface area (Å²) in [7, 11) is 1.62. The summed E-state index contributed by atoms with van der Waals surface area (Å²) in [5, 5.41) is 5.27. The topological polar surface area (TPSA) is 73.2 Å². The molecule has 4 aromatic rings. The third-order valence-electron chi connectivity index (χ3n) is 4.79. The van der Waals surface area contributed by atoms with Gasteiger partial charge >= 0.3 is 0 Å². The number of aryl methyl sites for hydroxylation is 1. The summed E-state index contributed by atoms with van der Waals surface area (Å²) in [5.74, 6) is 0.802. The van der Waals surface area contributed by atoms with E-state index in [0.29, 0.717) is 21.9 Å². The van der Waals surface area contributed by atoms with Crippen LogP contribution in [-0.4, -0.2) is 28.3 Å². The number of nitrogens with one attached hydrogen (secondary N) is 1. The van der Waals surface area contributed by atoms with Crippen molar-refractivity contribution < 1.29 is 9.53 Å². The number of para-hydroxylation sites is 1. The third kappa shape index (κ3) is 4.65. The van der Waals surface area contributed by atoms with Crippen LogP contribution in [0.2, 0.25) is 0 Å². The highest BCUT2D eigenvalue weighted by atomic mass is 32.2. The fraction of sp³-hybridized carbons (Fsp3) is 0.174. The van der Waals surface area contributed by atoms with Crippen LogP contribution in [0.1, 0.15) is 11.1 Å². The maximum Gasteiger partial charge on any atom is 0.276 e. The Balaban J connectivity index is 1.53. The number of benzene rings is 2. The minimum atomic E-state index is -0.128. The number of amides is 1. The summed E-state index contributed by atoms with van der Waals surface area (Å²) in [4.78, 5) is 30.3. The molecule has 0 atom stereocenters. The lowest BCUT2D eigenvalue weighted by Crippen LogP contribution is -2.26. The smallest absolute Gasteiger partial charge is 0.276 e. The molecule has 0 fully saturated rings. The first-order chi connectivity index (χ1) is 15.1. The molecule has 8 heteroatoms. The van der Waals surface area contributed by atoms with Gasteiger partial charge in [0.05, 0.1) is 24.1 Å². The maximum absolute atomic E-state index is 13.2. The number of nitrogens with zero attached hydrogens (tertiary/aromatic N) is 2. The highest BCUT2D eigenvalue weighted by Gasteiger charge is 2.16. The van der Waals surface area contributed by atoms with Gasteiger partial charge in [-0.25, -0.2) is 4.98 Å². The summed E-state index contributed by atoms with van der Waals surface area (Å²) < 4.78 is 7.36. The number of aromatic nitrogens is 2. The lowest BCUT2D eigenvalue weighted by molar-refractivity contribution is -0.118. The SMILES string of the molecule is COc1ccc(CNC(=O)CSc2nc3ccsc3c(=O)n2-c2ccccc2C)cc1. The molecule has 0 aliphatic carbocycles. The molecule has 0 bridgehead atoms. The van der Waals surface area contributed by atoms with Gasteiger partial charge in [0.1, 0.15) is 10.4 Å². The van der Waals surface area contributed by atoms with E-state index in [-0.39, 0.29) is 17.2 Å². The van der Waals surface area contributed by atoms with E-state index >= 15 is 0 Å². The Morgan fingerprint density at radius 2 is 1.94 bits per heavy atom. The van der Waals surface area contributed by atoms with Gasteiger partial charge in [-0.15, -0.1) is 11.3 Å².